The van der Waals surface area contributed by atoms with E-state index in [2.05, 4.69) is 10.3 Å². The van der Waals surface area contributed by atoms with Crippen LogP contribution in [-0.4, -0.2) is 23.4 Å². The summed E-state index contributed by atoms with van der Waals surface area (Å²) in [7, 11) is 0. The number of thioether (sulfide) groups is 1. The molecule has 0 fully saturated rings. The Kier molecular flexibility index (Phi) is 5.02. The molecule has 2 unspecified atom stereocenters. The standard InChI is InChI=1S/C21H22FN3O2S/c1-21(8-9-28-20(23)25-21)16-11-15(6-7-17(16)22)24-19(26)14-10-13-4-2-3-5-18(13)27-12-14/h2-7,11,14H,8-10,12H2,1H3,(H2,23,25)(H,24,26). The van der Waals surface area contributed by atoms with Crippen molar-refractivity contribution in [2.75, 3.05) is 17.7 Å². The summed E-state index contributed by atoms with van der Waals surface area (Å²) in [4.78, 5) is 17.2. The number of benzene rings is 2. The minimum atomic E-state index is -0.729. The van der Waals surface area contributed by atoms with Gasteiger partial charge in [0.05, 0.1) is 11.5 Å². The maximum Gasteiger partial charge on any atom is 0.231 e. The zero-order valence-electron chi connectivity index (χ0n) is 15.6. The van der Waals surface area contributed by atoms with Gasteiger partial charge in [-0.05, 0) is 49.6 Å². The second-order valence-corrected chi connectivity index (χ2v) is 8.44. The summed E-state index contributed by atoms with van der Waals surface area (Å²) < 4.78 is 20.2. The molecule has 0 bridgehead atoms. The van der Waals surface area contributed by atoms with Gasteiger partial charge in [-0.25, -0.2) is 4.39 Å². The van der Waals surface area contributed by atoms with E-state index in [0.717, 1.165) is 17.1 Å². The van der Waals surface area contributed by atoms with Crippen molar-refractivity contribution in [2.45, 2.75) is 25.3 Å². The highest BCUT2D eigenvalue weighted by molar-refractivity contribution is 8.13. The number of carbonyl (C=O) groups excluding carboxylic acids is 1. The van der Waals surface area contributed by atoms with E-state index in [1.807, 2.05) is 31.2 Å². The number of amidine groups is 1. The molecule has 2 aromatic carbocycles. The molecule has 2 heterocycles. The van der Waals surface area contributed by atoms with Crippen molar-refractivity contribution in [3.05, 3.63) is 59.4 Å². The number of nitrogens with one attached hydrogen (secondary N) is 1. The highest BCUT2D eigenvalue weighted by Crippen LogP contribution is 2.37. The van der Waals surface area contributed by atoms with Gasteiger partial charge in [-0.1, -0.05) is 30.0 Å². The van der Waals surface area contributed by atoms with Gasteiger partial charge in [-0.15, -0.1) is 0 Å². The quantitative estimate of drug-likeness (QED) is 0.825. The van der Waals surface area contributed by atoms with E-state index < -0.39 is 5.54 Å². The highest BCUT2D eigenvalue weighted by atomic mass is 32.2. The highest BCUT2D eigenvalue weighted by Gasteiger charge is 2.33. The van der Waals surface area contributed by atoms with Crippen molar-refractivity contribution in [1.82, 2.24) is 0 Å². The van der Waals surface area contributed by atoms with Gasteiger partial charge in [0.2, 0.25) is 5.91 Å². The second kappa shape index (κ2) is 7.47. The number of nitrogens with two attached hydrogens (primary N) is 1. The minimum Gasteiger partial charge on any atom is -0.492 e. The molecule has 4 rings (SSSR count). The Balaban J connectivity index is 1.53. The normalized spacial score (nSPS) is 23.9. The van der Waals surface area contributed by atoms with E-state index in [0.29, 0.717) is 35.9 Å². The molecule has 3 N–H and O–H groups in total. The van der Waals surface area contributed by atoms with Crippen molar-refractivity contribution in [2.24, 2.45) is 16.6 Å². The Bertz CT molecular complexity index is 949. The number of halogens is 1. The smallest absolute Gasteiger partial charge is 0.231 e. The molecule has 0 saturated heterocycles. The Labute approximate surface area is 167 Å². The molecule has 0 aliphatic carbocycles. The van der Waals surface area contributed by atoms with Gasteiger partial charge in [0.1, 0.15) is 18.2 Å². The fourth-order valence-electron chi connectivity index (χ4n) is 3.64. The van der Waals surface area contributed by atoms with Crippen LogP contribution in [-0.2, 0) is 16.8 Å². The molecule has 2 aromatic rings. The maximum atomic E-state index is 14.5. The van der Waals surface area contributed by atoms with Crippen molar-refractivity contribution in [3.8, 4) is 5.75 Å². The Morgan fingerprint density at radius 3 is 3.00 bits per heavy atom. The molecule has 0 aromatic heterocycles. The van der Waals surface area contributed by atoms with Crippen LogP contribution in [0.4, 0.5) is 10.1 Å². The monoisotopic (exact) mass is 399 g/mol. The number of para-hydroxylation sites is 1. The lowest BCUT2D eigenvalue weighted by Gasteiger charge is -2.30. The van der Waals surface area contributed by atoms with Gasteiger partial charge < -0.3 is 15.8 Å². The summed E-state index contributed by atoms with van der Waals surface area (Å²) in [6.45, 7) is 2.20. The van der Waals surface area contributed by atoms with Crippen LogP contribution in [0.1, 0.15) is 24.5 Å². The SMILES string of the molecule is CC1(c2cc(NC(=O)C3COc4ccccc4C3)ccc2F)CCSC(N)=N1. The first kappa shape index (κ1) is 18.8. The van der Waals surface area contributed by atoms with Gasteiger partial charge in [0.25, 0.3) is 0 Å². The van der Waals surface area contributed by atoms with Gasteiger partial charge >= 0.3 is 0 Å². The summed E-state index contributed by atoms with van der Waals surface area (Å²) in [6, 6.07) is 12.3. The lowest BCUT2D eigenvalue weighted by molar-refractivity contribution is -0.121. The first-order valence-corrected chi connectivity index (χ1v) is 10.2. The van der Waals surface area contributed by atoms with Crippen molar-refractivity contribution < 1.29 is 13.9 Å². The molecule has 146 valence electrons. The number of hydrogen-bond acceptors (Lipinski definition) is 5. The van der Waals surface area contributed by atoms with Crippen LogP contribution < -0.4 is 15.8 Å². The fraction of sp³-hybridized carbons (Fsp3) is 0.333. The van der Waals surface area contributed by atoms with Gasteiger partial charge in [-0.3, -0.25) is 9.79 Å². The van der Waals surface area contributed by atoms with Crippen LogP contribution in [0, 0.1) is 11.7 Å². The predicted molar refractivity (Wildman–Crippen MR) is 110 cm³/mol. The molecular formula is C21H22FN3O2S. The summed E-state index contributed by atoms with van der Waals surface area (Å²) in [5, 5.41) is 3.37. The van der Waals surface area contributed by atoms with Crippen LogP contribution >= 0.6 is 11.8 Å². The minimum absolute atomic E-state index is 0.139. The van der Waals surface area contributed by atoms with E-state index in [9.17, 15) is 9.18 Å². The molecule has 0 radical (unpaired) electrons. The number of nitrogens with zero attached hydrogens (tertiary/aromatic N) is 1. The fourth-order valence-corrected chi connectivity index (χ4v) is 4.61. The molecule has 2 atom stereocenters. The Hall–Kier alpha value is -2.54. The number of rotatable bonds is 3. The van der Waals surface area contributed by atoms with Crippen LogP contribution in [0.3, 0.4) is 0 Å². The number of ether oxygens (including phenoxy) is 1. The molecule has 28 heavy (non-hydrogen) atoms. The molecule has 5 nitrogen and oxygen atoms in total. The molecule has 0 saturated carbocycles. The van der Waals surface area contributed by atoms with Crippen molar-refractivity contribution in [1.29, 1.82) is 0 Å². The summed E-state index contributed by atoms with van der Waals surface area (Å²) in [5.41, 5.74) is 7.14. The third kappa shape index (κ3) is 3.71. The molecule has 7 heteroatoms. The topological polar surface area (TPSA) is 76.7 Å². The van der Waals surface area contributed by atoms with E-state index in [1.165, 1.54) is 17.8 Å². The van der Waals surface area contributed by atoms with Crippen LogP contribution in [0.25, 0.3) is 0 Å². The molecule has 0 spiro atoms. The van der Waals surface area contributed by atoms with E-state index in [-0.39, 0.29) is 17.6 Å². The van der Waals surface area contributed by atoms with Gasteiger partial charge in [-0.2, -0.15) is 0 Å². The van der Waals surface area contributed by atoms with Crippen molar-refractivity contribution >= 4 is 28.5 Å². The molecule has 2 aliphatic heterocycles. The molecule has 2 aliphatic rings. The zero-order valence-corrected chi connectivity index (χ0v) is 16.4. The molecule has 1 amide bonds. The molecular weight excluding hydrogens is 377 g/mol. The Morgan fingerprint density at radius 1 is 1.36 bits per heavy atom. The van der Waals surface area contributed by atoms with Crippen LogP contribution in [0.5, 0.6) is 5.75 Å². The maximum absolute atomic E-state index is 14.5. The van der Waals surface area contributed by atoms with E-state index >= 15 is 0 Å². The average Bonchev–Trinajstić information content (AvgIpc) is 2.68. The van der Waals surface area contributed by atoms with Gasteiger partial charge in [0, 0.05) is 17.0 Å². The third-order valence-electron chi connectivity index (χ3n) is 5.26. The summed E-state index contributed by atoms with van der Waals surface area (Å²) in [6.07, 6.45) is 1.30. The van der Waals surface area contributed by atoms with E-state index in [1.54, 1.807) is 12.1 Å². The number of fused-ring (bicyclic) bond motifs is 1. The Morgan fingerprint density at radius 2 is 2.18 bits per heavy atom. The largest absolute Gasteiger partial charge is 0.492 e. The van der Waals surface area contributed by atoms with Crippen LogP contribution in [0.15, 0.2) is 47.5 Å². The predicted octanol–water partition coefficient (Wildman–Crippen LogP) is 3.68. The summed E-state index contributed by atoms with van der Waals surface area (Å²) in [5.74, 6) is 0.826. The number of carbonyl (C=O) groups is 1. The lowest BCUT2D eigenvalue weighted by Crippen LogP contribution is -2.33. The third-order valence-corrected chi connectivity index (χ3v) is 6.05. The number of aliphatic imine (C=N–C) groups is 1. The second-order valence-electron chi connectivity index (χ2n) is 7.33. The first-order chi connectivity index (χ1) is 13.4. The van der Waals surface area contributed by atoms with E-state index in [4.69, 9.17) is 10.5 Å². The number of hydrogen-bond donors (Lipinski definition) is 2. The van der Waals surface area contributed by atoms with Crippen LogP contribution in [0.2, 0.25) is 0 Å². The van der Waals surface area contributed by atoms with Gasteiger partial charge in [0.15, 0.2) is 5.17 Å². The number of anilines is 1. The number of amides is 1. The lowest BCUT2D eigenvalue weighted by atomic mass is 9.89. The first-order valence-electron chi connectivity index (χ1n) is 9.24. The summed E-state index contributed by atoms with van der Waals surface area (Å²) >= 11 is 1.47. The zero-order chi connectivity index (χ0) is 19.7. The average molecular weight is 399 g/mol. The van der Waals surface area contributed by atoms with Crippen molar-refractivity contribution in [3.63, 3.8) is 0 Å².